The molecule has 1 aliphatic rings. The topological polar surface area (TPSA) is 58.0 Å². The molecule has 27 heavy (non-hydrogen) atoms. The lowest BCUT2D eigenvalue weighted by Crippen LogP contribution is -2.47. The Hall–Kier alpha value is -2.73. The lowest BCUT2D eigenvalue weighted by molar-refractivity contribution is 0.639. The fourth-order valence-electron chi connectivity index (χ4n) is 3.31. The number of hydrogen-bond acceptors (Lipinski definition) is 6. The molecule has 1 saturated heterocycles. The summed E-state index contributed by atoms with van der Waals surface area (Å²) < 4.78 is 0. The number of rotatable bonds is 3. The highest BCUT2D eigenvalue weighted by molar-refractivity contribution is 6.28. The molecule has 0 amide bonds. The number of halogens is 1. The van der Waals surface area contributed by atoms with Gasteiger partial charge in [-0.25, -0.2) is 19.9 Å². The Morgan fingerprint density at radius 1 is 0.778 bits per heavy atom. The van der Waals surface area contributed by atoms with Gasteiger partial charge in [0.15, 0.2) is 0 Å². The van der Waals surface area contributed by atoms with Crippen LogP contribution in [0.4, 0.5) is 11.6 Å². The van der Waals surface area contributed by atoms with Gasteiger partial charge in [-0.1, -0.05) is 30.3 Å². The second-order valence-corrected chi connectivity index (χ2v) is 6.97. The summed E-state index contributed by atoms with van der Waals surface area (Å²) in [6.07, 6.45) is 0. The monoisotopic (exact) mass is 380 g/mol. The Balaban J connectivity index is 1.52. The summed E-state index contributed by atoms with van der Waals surface area (Å²) in [6, 6.07) is 14.3. The molecular formula is C20H21ClN6. The molecule has 1 aromatic carbocycles. The van der Waals surface area contributed by atoms with E-state index in [0.717, 1.165) is 60.6 Å². The molecule has 3 aromatic rings. The molecule has 7 heteroatoms. The van der Waals surface area contributed by atoms with Crippen molar-refractivity contribution >= 4 is 23.2 Å². The summed E-state index contributed by atoms with van der Waals surface area (Å²) in [6.45, 7) is 7.32. The van der Waals surface area contributed by atoms with Crippen LogP contribution in [-0.4, -0.2) is 46.1 Å². The van der Waals surface area contributed by atoms with Crippen molar-refractivity contribution in [1.29, 1.82) is 0 Å². The van der Waals surface area contributed by atoms with E-state index in [1.807, 2.05) is 38.1 Å². The minimum atomic E-state index is 0.298. The zero-order chi connectivity index (χ0) is 18.8. The molecule has 0 atom stereocenters. The number of nitrogens with zero attached hydrogens (tertiary/aromatic N) is 6. The van der Waals surface area contributed by atoms with Crippen LogP contribution in [0, 0.1) is 13.8 Å². The van der Waals surface area contributed by atoms with Gasteiger partial charge in [-0.05, 0) is 25.4 Å². The van der Waals surface area contributed by atoms with Gasteiger partial charge in [0.25, 0.3) is 0 Å². The van der Waals surface area contributed by atoms with E-state index in [2.05, 4.69) is 47.9 Å². The van der Waals surface area contributed by atoms with E-state index in [-0.39, 0.29) is 0 Å². The van der Waals surface area contributed by atoms with Crippen LogP contribution in [0.3, 0.4) is 0 Å². The van der Waals surface area contributed by atoms with E-state index in [1.54, 1.807) is 0 Å². The van der Waals surface area contributed by atoms with E-state index in [4.69, 9.17) is 11.6 Å². The molecule has 3 heterocycles. The van der Waals surface area contributed by atoms with Crippen molar-refractivity contribution in [2.24, 2.45) is 0 Å². The fourth-order valence-corrected chi connectivity index (χ4v) is 3.53. The standard InChI is InChI=1S/C20H21ClN6/c1-14-12-18(25-20(21)22-14)26-8-10-27(11-9-26)19-13-17(23-15(2)24-19)16-6-4-3-5-7-16/h3-7,12-13H,8-11H2,1-2H3. The van der Waals surface area contributed by atoms with E-state index < -0.39 is 0 Å². The van der Waals surface area contributed by atoms with Crippen LogP contribution in [0.1, 0.15) is 11.5 Å². The maximum atomic E-state index is 6.01. The molecule has 1 fully saturated rings. The molecule has 138 valence electrons. The Labute approximate surface area is 163 Å². The van der Waals surface area contributed by atoms with Crippen LogP contribution in [-0.2, 0) is 0 Å². The molecule has 0 unspecified atom stereocenters. The molecular weight excluding hydrogens is 360 g/mol. The maximum absolute atomic E-state index is 6.01. The Kier molecular flexibility index (Phi) is 4.90. The highest BCUT2D eigenvalue weighted by Gasteiger charge is 2.21. The highest BCUT2D eigenvalue weighted by atomic mass is 35.5. The summed E-state index contributed by atoms with van der Waals surface area (Å²) >= 11 is 6.01. The Morgan fingerprint density at radius 2 is 1.41 bits per heavy atom. The van der Waals surface area contributed by atoms with Gasteiger partial charge in [0.2, 0.25) is 5.28 Å². The maximum Gasteiger partial charge on any atom is 0.224 e. The number of anilines is 2. The molecule has 0 bridgehead atoms. The first kappa shape index (κ1) is 17.7. The molecule has 6 nitrogen and oxygen atoms in total. The second kappa shape index (κ2) is 7.48. The normalized spacial score (nSPS) is 14.5. The zero-order valence-corrected chi connectivity index (χ0v) is 16.2. The molecule has 1 aliphatic heterocycles. The fraction of sp³-hybridized carbons (Fsp3) is 0.300. The van der Waals surface area contributed by atoms with Gasteiger partial charge in [-0.2, -0.15) is 0 Å². The molecule has 0 N–H and O–H groups in total. The summed E-state index contributed by atoms with van der Waals surface area (Å²) in [5.74, 6) is 2.64. The number of hydrogen-bond donors (Lipinski definition) is 0. The van der Waals surface area contributed by atoms with E-state index in [1.165, 1.54) is 0 Å². The van der Waals surface area contributed by atoms with Crippen molar-refractivity contribution < 1.29 is 0 Å². The van der Waals surface area contributed by atoms with E-state index >= 15 is 0 Å². The Bertz CT molecular complexity index is 918. The van der Waals surface area contributed by atoms with Gasteiger partial charge in [0.1, 0.15) is 17.5 Å². The smallest absolute Gasteiger partial charge is 0.224 e. The van der Waals surface area contributed by atoms with E-state index in [9.17, 15) is 0 Å². The van der Waals surface area contributed by atoms with Gasteiger partial charge >= 0.3 is 0 Å². The van der Waals surface area contributed by atoms with Crippen LogP contribution < -0.4 is 9.80 Å². The van der Waals surface area contributed by atoms with Crippen molar-refractivity contribution in [3.63, 3.8) is 0 Å². The van der Waals surface area contributed by atoms with Crippen LogP contribution >= 0.6 is 11.6 Å². The average Bonchev–Trinajstić information content (AvgIpc) is 2.67. The molecule has 0 saturated carbocycles. The van der Waals surface area contributed by atoms with Crippen molar-refractivity contribution in [2.45, 2.75) is 13.8 Å². The van der Waals surface area contributed by atoms with E-state index in [0.29, 0.717) is 5.28 Å². The van der Waals surface area contributed by atoms with Crippen molar-refractivity contribution in [3.05, 3.63) is 59.3 Å². The first-order valence-corrected chi connectivity index (χ1v) is 9.38. The van der Waals surface area contributed by atoms with Gasteiger partial charge in [-0.15, -0.1) is 0 Å². The summed E-state index contributed by atoms with van der Waals surface area (Å²) in [7, 11) is 0. The van der Waals surface area contributed by atoms with Gasteiger partial charge in [0, 0.05) is 49.6 Å². The number of aromatic nitrogens is 4. The Morgan fingerprint density at radius 3 is 2.04 bits per heavy atom. The first-order chi connectivity index (χ1) is 13.1. The summed E-state index contributed by atoms with van der Waals surface area (Å²) in [5, 5.41) is 0.298. The molecule has 0 radical (unpaired) electrons. The molecule has 0 spiro atoms. The third-order valence-corrected chi connectivity index (χ3v) is 4.80. The molecule has 2 aromatic heterocycles. The predicted molar refractivity (Wildman–Crippen MR) is 108 cm³/mol. The highest BCUT2D eigenvalue weighted by Crippen LogP contribution is 2.24. The van der Waals surface area contributed by atoms with Crippen LogP contribution in [0.5, 0.6) is 0 Å². The van der Waals surface area contributed by atoms with Gasteiger partial charge in [0.05, 0.1) is 5.69 Å². The molecule has 4 rings (SSSR count). The second-order valence-electron chi connectivity index (χ2n) is 6.64. The largest absolute Gasteiger partial charge is 0.353 e. The number of piperazine rings is 1. The SMILES string of the molecule is Cc1cc(N2CCN(c3cc(-c4ccccc4)nc(C)n3)CC2)nc(Cl)n1. The van der Waals surface area contributed by atoms with Gasteiger partial charge < -0.3 is 9.80 Å². The summed E-state index contributed by atoms with van der Waals surface area (Å²) in [4.78, 5) is 22.3. The minimum absolute atomic E-state index is 0.298. The zero-order valence-electron chi connectivity index (χ0n) is 15.4. The third kappa shape index (κ3) is 4.01. The minimum Gasteiger partial charge on any atom is -0.353 e. The third-order valence-electron chi connectivity index (χ3n) is 4.64. The summed E-state index contributed by atoms with van der Waals surface area (Å²) in [5.41, 5.74) is 2.94. The molecule has 0 aliphatic carbocycles. The first-order valence-electron chi connectivity index (χ1n) is 9.01. The average molecular weight is 381 g/mol. The van der Waals surface area contributed by atoms with Gasteiger partial charge in [-0.3, -0.25) is 0 Å². The lowest BCUT2D eigenvalue weighted by atomic mass is 10.1. The predicted octanol–water partition coefficient (Wildman–Crippen LogP) is 3.53. The van der Waals surface area contributed by atoms with Crippen LogP contribution in [0.15, 0.2) is 42.5 Å². The number of aryl methyl sites for hydroxylation is 2. The quantitative estimate of drug-likeness (QED) is 0.648. The van der Waals surface area contributed by atoms with Crippen molar-refractivity contribution in [3.8, 4) is 11.3 Å². The lowest BCUT2D eigenvalue weighted by Gasteiger charge is -2.36. The van der Waals surface area contributed by atoms with Crippen molar-refractivity contribution in [2.75, 3.05) is 36.0 Å². The van der Waals surface area contributed by atoms with Crippen LogP contribution in [0.25, 0.3) is 11.3 Å². The van der Waals surface area contributed by atoms with Crippen LogP contribution in [0.2, 0.25) is 5.28 Å². The van der Waals surface area contributed by atoms with Crippen molar-refractivity contribution in [1.82, 2.24) is 19.9 Å². The number of benzene rings is 1.